The first-order chi connectivity index (χ1) is 11.4. The first-order valence-electron chi connectivity index (χ1n) is 8.38. The lowest BCUT2D eigenvalue weighted by molar-refractivity contribution is -0.122. The highest BCUT2D eigenvalue weighted by atomic mass is 16.5. The Hall–Kier alpha value is -1.70. The molecule has 0 unspecified atom stereocenters. The van der Waals surface area contributed by atoms with Gasteiger partial charge in [-0.15, -0.1) is 0 Å². The molecule has 1 saturated carbocycles. The SMILES string of the molecule is CC(=O)c1cccc2c1OB(O)[C@@H](CC(=O)C1C[C@H](N)[C@@H](N)C1)C2. The van der Waals surface area contributed by atoms with E-state index in [1.54, 1.807) is 12.1 Å². The average molecular weight is 330 g/mol. The molecule has 0 spiro atoms. The standard InChI is InChI=1S/C17H23BN2O4/c1-9(21)13-4-2-3-10-5-12(18(23)24-17(10)13)8-16(22)11-6-14(19)15(20)7-11/h2-4,11-12,14-15,23H,5-8,19-20H2,1H3/t12-,14+,15+/m1/s1. The maximum absolute atomic E-state index is 12.5. The van der Waals surface area contributed by atoms with Crippen molar-refractivity contribution >= 4 is 18.7 Å². The van der Waals surface area contributed by atoms with Gasteiger partial charge in [0.15, 0.2) is 5.78 Å². The molecular formula is C17H23BN2O4. The zero-order chi connectivity index (χ0) is 17.4. The van der Waals surface area contributed by atoms with Gasteiger partial charge < -0.3 is 21.1 Å². The third-order valence-corrected chi connectivity index (χ3v) is 5.18. The van der Waals surface area contributed by atoms with Gasteiger partial charge in [0.05, 0.1) is 5.56 Å². The summed E-state index contributed by atoms with van der Waals surface area (Å²) in [5.74, 6) is -0.0433. The Bertz CT molecular complexity index is 656. The zero-order valence-corrected chi connectivity index (χ0v) is 13.8. The Labute approximate surface area is 141 Å². The van der Waals surface area contributed by atoms with Gasteiger partial charge in [0.2, 0.25) is 0 Å². The summed E-state index contributed by atoms with van der Waals surface area (Å²) in [6.07, 6.45) is 1.95. The third-order valence-electron chi connectivity index (χ3n) is 5.18. The van der Waals surface area contributed by atoms with E-state index in [0.29, 0.717) is 30.6 Å². The molecule has 24 heavy (non-hydrogen) atoms. The second kappa shape index (κ2) is 6.66. The molecule has 0 bridgehead atoms. The predicted octanol–water partition coefficient (Wildman–Crippen LogP) is 0.699. The van der Waals surface area contributed by atoms with E-state index in [2.05, 4.69) is 0 Å². The smallest absolute Gasteiger partial charge is 0.526 e. The number of ketones is 2. The highest BCUT2D eigenvalue weighted by Gasteiger charge is 2.40. The molecule has 1 aromatic rings. The monoisotopic (exact) mass is 330 g/mol. The fourth-order valence-corrected chi connectivity index (χ4v) is 3.73. The van der Waals surface area contributed by atoms with E-state index in [1.165, 1.54) is 6.92 Å². The zero-order valence-electron chi connectivity index (χ0n) is 13.8. The van der Waals surface area contributed by atoms with Crippen molar-refractivity contribution in [2.45, 2.75) is 50.5 Å². The van der Waals surface area contributed by atoms with Crippen molar-refractivity contribution in [3.63, 3.8) is 0 Å². The van der Waals surface area contributed by atoms with Gasteiger partial charge in [-0.1, -0.05) is 12.1 Å². The average Bonchev–Trinajstić information content (AvgIpc) is 2.87. The van der Waals surface area contributed by atoms with Crippen LogP contribution in [0.15, 0.2) is 18.2 Å². The molecule has 5 N–H and O–H groups in total. The molecule has 2 aliphatic rings. The van der Waals surface area contributed by atoms with Crippen LogP contribution < -0.4 is 16.1 Å². The number of para-hydroxylation sites is 1. The molecule has 3 rings (SSSR count). The van der Waals surface area contributed by atoms with Crippen LogP contribution >= 0.6 is 0 Å². The molecule has 1 aliphatic heterocycles. The number of rotatable bonds is 4. The Morgan fingerprint density at radius 3 is 2.58 bits per heavy atom. The van der Waals surface area contributed by atoms with Gasteiger partial charge in [-0.2, -0.15) is 0 Å². The highest BCUT2D eigenvalue weighted by molar-refractivity contribution is 6.47. The molecule has 128 valence electrons. The summed E-state index contributed by atoms with van der Waals surface area (Å²) in [5.41, 5.74) is 13.1. The van der Waals surface area contributed by atoms with Crippen LogP contribution in [0.25, 0.3) is 0 Å². The van der Waals surface area contributed by atoms with Gasteiger partial charge in [0, 0.05) is 30.2 Å². The summed E-state index contributed by atoms with van der Waals surface area (Å²) in [7, 11) is -1.09. The molecule has 1 aliphatic carbocycles. The summed E-state index contributed by atoms with van der Waals surface area (Å²) in [6, 6.07) is 5.08. The third kappa shape index (κ3) is 3.24. The minimum Gasteiger partial charge on any atom is -0.535 e. The lowest BCUT2D eigenvalue weighted by Crippen LogP contribution is -2.36. The van der Waals surface area contributed by atoms with E-state index in [0.717, 1.165) is 5.56 Å². The number of carbonyl (C=O) groups excluding carboxylic acids is 2. The molecule has 0 aromatic heterocycles. The van der Waals surface area contributed by atoms with E-state index < -0.39 is 7.12 Å². The lowest BCUT2D eigenvalue weighted by atomic mass is 9.63. The Kier molecular flexibility index (Phi) is 4.76. The maximum Gasteiger partial charge on any atom is 0.526 e. The fourth-order valence-electron chi connectivity index (χ4n) is 3.73. The number of carbonyl (C=O) groups is 2. The van der Waals surface area contributed by atoms with Crippen molar-refractivity contribution in [2.24, 2.45) is 17.4 Å². The van der Waals surface area contributed by atoms with Gasteiger partial charge in [-0.3, -0.25) is 9.59 Å². The number of benzene rings is 1. The maximum atomic E-state index is 12.5. The van der Waals surface area contributed by atoms with Crippen LogP contribution in [-0.2, 0) is 11.2 Å². The molecule has 3 atom stereocenters. The molecule has 1 fully saturated rings. The predicted molar refractivity (Wildman–Crippen MR) is 90.8 cm³/mol. The van der Waals surface area contributed by atoms with E-state index >= 15 is 0 Å². The topological polar surface area (TPSA) is 116 Å². The first kappa shape index (κ1) is 17.1. The normalized spacial score (nSPS) is 26.8. The molecule has 0 saturated heterocycles. The quantitative estimate of drug-likeness (QED) is 0.553. The van der Waals surface area contributed by atoms with Crippen LogP contribution in [-0.4, -0.2) is 35.8 Å². The largest absolute Gasteiger partial charge is 0.535 e. The Morgan fingerprint density at radius 1 is 1.29 bits per heavy atom. The molecular weight excluding hydrogens is 307 g/mol. The number of Topliss-reactive ketones (excluding diaryl/α,β-unsaturated/α-hetero) is 2. The molecule has 6 nitrogen and oxygen atoms in total. The minimum atomic E-state index is -1.09. The Morgan fingerprint density at radius 2 is 1.96 bits per heavy atom. The van der Waals surface area contributed by atoms with Crippen LogP contribution in [0, 0.1) is 5.92 Å². The fraction of sp³-hybridized carbons (Fsp3) is 0.529. The second-order valence-corrected chi connectivity index (χ2v) is 6.99. The number of fused-ring (bicyclic) bond motifs is 1. The van der Waals surface area contributed by atoms with Gasteiger partial charge in [-0.05, 0) is 37.8 Å². The number of hydrogen-bond acceptors (Lipinski definition) is 6. The highest BCUT2D eigenvalue weighted by Crippen LogP contribution is 2.37. The summed E-state index contributed by atoms with van der Waals surface area (Å²) < 4.78 is 5.58. The van der Waals surface area contributed by atoms with Gasteiger partial charge in [-0.25, -0.2) is 0 Å². The molecule has 1 heterocycles. The lowest BCUT2D eigenvalue weighted by Gasteiger charge is -2.28. The number of nitrogens with two attached hydrogens (primary N) is 2. The second-order valence-electron chi connectivity index (χ2n) is 6.99. The van der Waals surface area contributed by atoms with E-state index in [-0.39, 0.29) is 41.8 Å². The molecule has 0 radical (unpaired) electrons. The van der Waals surface area contributed by atoms with Crippen molar-refractivity contribution in [1.29, 1.82) is 0 Å². The van der Waals surface area contributed by atoms with E-state index in [1.807, 2.05) is 6.07 Å². The van der Waals surface area contributed by atoms with Crippen molar-refractivity contribution in [3.05, 3.63) is 29.3 Å². The van der Waals surface area contributed by atoms with Gasteiger partial charge in [0.1, 0.15) is 11.5 Å². The van der Waals surface area contributed by atoms with Crippen LogP contribution in [0.3, 0.4) is 0 Å². The van der Waals surface area contributed by atoms with Crippen LogP contribution in [0.2, 0.25) is 5.82 Å². The molecule has 0 amide bonds. The van der Waals surface area contributed by atoms with Gasteiger partial charge >= 0.3 is 7.12 Å². The molecule has 7 heteroatoms. The number of hydrogen-bond donors (Lipinski definition) is 3. The van der Waals surface area contributed by atoms with Crippen molar-refractivity contribution < 1.29 is 19.3 Å². The minimum absolute atomic E-state index is 0.0808. The van der Waals surface area contributed by atoms with Crippen LogP contribution in [0.5, 0.6) is 5.75 Å². The van der Waals surface area contributed by atoms with Crippen molar-refractivity contribution in [2.75, 3.05) is 0 Å². The summed E-state index contributed by atoms with van der Waals surface area (Å²) in [4.78, 5) is 24.2. The summed E-state index contributed by atoms with van der Waals surface area (Å²) in [6.45, 7) is 1.47. The first-order valence-corrected chi connectivity index (χ1v) is 8.38. The Balaban J connectivity index is 1.72. The van der Waals surface area contributed by atoms with Crippen molar-refractivity contribution in [3.8, 4) is 5.75 Å². The van der Waals surface area contributed by atoms with Crippen molar-refractivity contribution in [1.82, 2.24) is 0 Å². The molecule has 1 aromatic carbocycles. The van der Waals surface area contributed by atoms with Crippen LogP contribution in [0.1, 0.15) is 42.1 Å². The summed E-state index contributed by atoms with van der Waals surface area (Å²) >= 11 is 0. The van der Waals surface area contributed by atoms with Crippen LogP contribution in [0.4, 0.5) is 0 Å². The summed E-state index contributed by atoms with van der Waals surface area (Å²) in [5, 5.41) is 10.3. The van der Waals surface area contributed by atoms with Gasteiger partial charge in [0.25, 0.3) is 0 Å². The van der Waals surface area contributed by atoms with E-state index in [4.69, 9.17) is 16.1 Å². The van der Waals surface area contributed by atoms with E-state index in [9.17, 15) is 14.6 Å².